The van der Waals surface area contributed by atoms with Gasteiger partial charge in [0, 0.05) is 12.7 Å². The number of rotatable bonds is 3. The number of aryl methyl sites for hydroxylation is 1. The van der Waals surface area contributed by atoms with Gasteiger partial charge < -0.3 is 9.67 Å². The third kappa shape index (κ3) is 2.14. The summed E-state index contributed by atoms with van der Waals surface area (Å²) < 4.78 is 1.73. The van der Waals surface area contributed by atoms with Gasteiger partial charge in [-0.25, -0.2) is 4.79 Å². The third-order valence-electron chi connectivity index (χ3n) is 2.48. The molecule has 0 unspecified atom stereocenters. The molecule has 0 bridgehead atoms. The van der Waals surface area contributed by atoms with E-state index in [0.29, 0.717) is 12.2 Å². The Balaban J connectivity index is 2.27. The summed E-state index contributed by atoms with van der Waals surface area (Å²) in [5.41, 5.74) is 2.61. The highest BCUT2D eigenvalue weighted by molar-refractivity contribution is 5.85. The minimum Gasteiger partial charge on any atom is -0.477 e. The Hall–Kier alpha value is -2.03. The van der Waals surface area contributed by atoms with Crippen molar-refractivity contribution >= 4 is 5.97 Å². The Kier molecular flexibility index (Phi) is 2.77. The van der Waals surface area contributed by atoms with Gasteiger partial charge in [-0.05, 0) is 24.6 Å². The van der Waals surface area contributed by atoms with E-state index >= 15 is 0 Å². The predicted octanol–water partition coefficient (Wildman–Crippen LogP) is 2.54. The fourth-order valence-electron chi connectivity index (χ4n) is 1.75. The molecule has 0 radical (unpaired) electrons. The fourth-order valence-corrected chi connectivity index (χ4v) is 1.75. The molecule has 1 aromatic heterocycles. The van der Waals surface area contributed by atoms with Crippen molar-refractivity contribution in [3.8, 4) is 0 Å². The molecule has 16 heavy (non-hydrogen) atoms. The van der Waals surface area contributed by atoms with E-state index < -0.39 is 5.97 Å². The summed E-state index contributed by atoms with van der Waals surface area (Å²) >= 11 is 0. The molecule has 0 spiro atoms. The average molecular weight is 215 g/mol. The van der Waals surface area contributed by atoms with Crippen LogP contribution in [0.5, 0.6) is 0 Å². The smallest absolute Gasteiger partial charge is 0.352 e. The predicted molar refractivity (Wildman–Crippen MR) is 61.7 cm³/mol. The van der Waals surface area contributed by atoms with Crippen LogP contribution in [0.2, 0.25) is 0 Å². The molecule has 0 amide bonds. The molecule has 0 aliphatic carbocycles. The largest absolute Gasteiger partial charge is 0.477 e. The van der Waals surface area contributed by atoms with E-state index in [0.717, 1.165) is 5.56 Å². The average Bonchev–Trinajstić information content (AvgIpc) is 2.66. The Morgan fingerprint density at radius 1 is 1.31 bits per heavy atom. The van der Waals surface area contributed by atoms with Crippen molar-refractivity contribution in [3.05, 3.63) is 59.4 Å². The van der Waals surface area contributed by atoms with Crippen LogP contribution in [0.4, 0.5) is 0 Å². The lowest BCUT2D eigenvalue weighted by Crippen LogP contribution is -2.08. The normalized spacial score (nSPS) is 10.3. The van der Waals surface area contributed by atoms with Crippen molar-refractivity contribution in [2.24, 2.45) is 0 Å². The monoisotopic (exact) mass is 215 g/mol. The molecule has 1 aromatic carbocycles. The highest BCUT2D eigenvalue weighted by Gasteiger charge is 2.08. The summed E-state index contributed by atoms with van der Waals surface area (Å²) in [5.74, 6) is -0.891. The standard InChI is InChI=1S/C13H13NO2/c1-10-4-2-5-11(8-10)9-14-7-3-6-12(14)13(15)16/h2-8H,9H2,1H3,(H,15,16). The summed E-state index contributed by atoms with van der Waals surface area (Å²) in [7, 11) is 0. The molecule has 0 atom stereocenters. The third-order valence-corrected chi connectivity index (χ3v) is 2.48. The maximum absolute atomic E-state index is 10.9. The van der Waals surface area contributed by atoms with Gasteiger partial charge in [0.25, 0.3) is 0 Å². The number of nitrogens with zero attached hydrogens (tertiary/aromatic N) is 1. The minimum atomic E-state index is -0.891. The van der Waals surface area contributed by atoms with Gasteiger partial charge in [-0.3, -0.25) is 0 Å². The van der Waals surface area contributed by atoms with Crippen molar-refractivity contribution in [2.45, 2.75) is 13.5 Å². The van der Waals surface area contributed by atoms with Crippen LogP contribution in [0.1, 0.15) is 21.6 Å². The van der Waals surface area contributed by atoms with E-state index in [9.17, 15) is 4.79 Å². The molecule has 3 heteroatoms. The lowest BCUT2D eigenvalue weighted by atomic mass is 10.1. The van der Waals surface area contributed by atoms with E-state index in [1.54, 1.807) is 22.9 Å². The summed E-state index contributed by atoms with van der Waals surface area (Å²) in [5, 5.41) is 8.97. The number of aromatic nitrogens is 1. The van der Waals surface area contributed by atoms with Crippen molar-refractivity contribution in [1.29, 1.82) is 0 Å². The SMILES string of the molecule is Cc1cccc(Cn2cccc2C(=O)O)c1. The molecule has 0 fully saturated rings. The van der Waals surface area contributed by atoms with E-state index in [4.69, 9.17) is 5.11 Å². The molecule has 0 saturated carbocycles. The van der Waals surface area contributed by atoms with Crippen LogP contribution in [-0.2, 0) is 6.54 Å². The summed E-state index contributed by atoms with van der Waals surface area (Å²) in [6.07, 6.45) is 1.78. The van der Waals surface area contributed by atoms with Gasteiger partial charge >= 0.3 is 5.97 Å². The Bertz CT molecular complexity index is 514. The van der Waals surface area contributed by atoms with Gasteiger partial charge in [0.05, 0.1) is 0 Å². The highest BCUT2D eigenvalue weighted by atomic mass is 16.4. The van der Waals surface area contributed by atoms with Crippen molar-refractivity contribution in [3.63, 3.8) is 0 Å². The number of carboxylic acid groups (broad SMARTS) is 1. The zero-order valence-corrected chi connectivity index (χ0v) is 9.05. The number of carboxylic acids is 1. The number of hydrogen-bond acceptors (Lipinski definition) is 1. The quantitative estimate of drug-likeness (QED) is 0.854. The van der Waals surface area contributed by atoms with Crippen LogP contribution in [0.3, 0.4) is 0 Å². The molecule has 3 nitrogen and oxygen atoms in total. The molecule has 0 aliphatic heterocycles. The first-order chi connectivity index (χ1) is 7.66. The first kappa shape index (κ1) is 10.5. The zero-order valence-electron chi connectivity index (χ0n) is 9.05. The molecule has 0 saturated heterocycles. The van der Waals surface area contributed by atoms with Crippen LogP contribution < -0.4 is 0 Å². The van der Waals surface area contributed by atoms with Gasteiger partial charge in [0.2, 0.25) is 0 Å². The van der Waals surface area contributed by atoms with Crippen LogP contribution in [0.25, 0.3) is 0 Å². The molecule has 1 heterocycles. The fraction of sp³-hybridized carbons (Fsp3) is 0.154. The number of benzene rings is 1. The first-order valence-electron chi connectivity index (χ1n) is 5.11. The molecule has 2 aromatic rings. The Morgan fingerprint density at radius 3 is 2.81 bits per heavy atom. The second-order valence-corrected chi connectivity index (χ2v) is 3.82. The highest BCUT2D eigenvalue weighted by Crippen LogP contribution is 2.09. The van der Waals surface area contributed by atoms with Gasteiger partial charge in [-0.2, -0.15) is 0 Å². The Morgan fingerprint density at radius 2 is 2.12 bits per heavy atom. The van der Waals surface area contributed by atoms with E-state index in [2.05, 4.69) is 6.07 Å². The van der Waals surface area contributed by atoms with Crippen molar-refractivity contribution in [1.82, 2.24) is 4.57 Å². The minimum absolute atomic E-state index is 0.321. The molecule has 1 N–H and O–H groups in total. The number of aromatic carboxylic acids is 1. The Labute approximate surface area is 94.0 Å². The van der Waals surface area contributed by atoms with Crippen LogP contribution in [-0.4, -0.2) is 15.6 Å². The van der Waals surface area contributed by atoms with E-state index in [1.807, 2.05) is 25.1 Å². The summed E-state index contributed by atoms with van der Waals surface area (Å²) in [4.78, 5) is 10.9. The number of hydrogen-bond donors (Lipinski definition) is 1. The van der Waals surface area contributed by atoms with Crippen LogP contribution in [0, 0.1) is 6.92 Å². The lowest BCUT2D eigenvalue weighted by molar-refractivity contribution is 0.0685. The maximum atomic E-state index is 10.9. The van der Waals surface area contributed by atoms with E-state index in [-0.39, 0.29) is 0 Å². The summed E-state index contributed by atoms with van der Waals surface area (Å²) in [6, 6.07) is 11.4. The summed E-state index contributed by atoms with van der Waals surface area (Å²) in [6.45, 7) is 2.62. The topological polar surface area (TPSA) is 42.2 Å². The maximum Gasteiger partial charge on any atom is 0.352 e. The molecule has 0 aliphatic rings. The van der Waals surface area contributed by atoms with Crippen molar-refractivity contribution < 1.29 is 9.90 Å². The van der Waals surface area contributed by atoms with Gasteiger partial charge in [0.1, 0.15) is 5.69 Å². The van der Waals surface area contributed by atoms with Gasteiger partial charge in [-0.1, -0.05) is 29.8 Å². The lowest BCUT2D eigenvalue weighted by Gasteiger charge is -2.07. The second kappa shape index (κ2) is 4.23. The van der Waals surface area contributed by atoms with Crippen molar-refractivity contribution in [2.75, 3.05) is 0 Å². The molecular formula is C13H13NO2. The second-order valence-electron chi connectivity index (χ2n) is 3.82. The van der Waals surface area contributed by atoms with E-state index in [1.165, 1.54) is 5.56 Å². The van der Waals surface area contributed by atoms with Gasteiger partial charge in [-0.15, -0.1) is 0 Å². The van der Waals surface area contributed by atoms with Crippen LogP contribution >= 0.6 is 0 Å². The first-order valence-corrected chi connectivity index (χ1v) is 5.11. The van der Waals surface area contributed by atoms with Gasteiger partial charge in [0.15, 0.2) is 0 Å². The van der Waals surface area contributed by atoms with Crippen LogP contribution in [0.15, 0.2) is 42.6 Å². The zero-order chi connectivity index (χ0) is 11.5. The number of carbonyl (C=O) groups is 1. The molecule has 82 valence electrons. The molecular weight excluding hydrogens is 202 g/mol. The molecule has 2 rings (SSSR count).